The molecule has 6 N–H and O–H groups in total. The number of aryl methyl sites for hydroxylation is 2. The molecule has 3 heterocycles. The molecular weight excluding hydrogens is 1450 g/mol. The molecule has 582 valence electrons. The number of amides is 8. The van der Waals surface area contributed by atoms with Crippen molar-refractivity contribution in [3.63, 3.8) is 0 Å². The summed E-state index contributed by atoms with van der Waals surface area (Å²) in [5.74, 6) is -0.536. The number of benzene rings is 4. The molecule has 2 aliphatic rings. The first-order valence-electron chi connectivity index (χ1n) is 36.8. The molecule has 28 heteroatoms. The Kier molecular flexibility index (Phi) is 34.7. The number of nitrogens with zero attached hydrogens (tertiary/aromatic N) is 4. The number of urea groups is 2. The van der Waals surface area contributed by atoms with Crippen LogP contribution in [0, 0.1) is 31.6 Å². The third kappa shape index (κ3) is 28.5. The van der Waals surface area contributed by atoms with E-state index in [0.29, 0.717) is 43.0 Å². The minimum atomic E-state index is -1.15. The molecule has 9 atom stereocenters. The van der Waals surface area contributed by atoms with Crippen molar-refractivity contribution in [2.45, 2.75) is 174 Å². The first-order valence-corrected chi connectivity index (χ1v) is 41.1. The Morgan fingerprint density at radius 2 is 1.27 bits per heavy atom. The van der Waals surface area contributed by atoms with Crippen LogP contribution in [0.3, 0.4) is 0 Å². The van der Waals surface area contributed by atoms with Gasteiger partial charge in [0.25, 0.3) is 5.91 Å². The molecule has 1 fully saturated rings. The SMILES string of the molecule is Cc1cccc(C)c1OCC(=O)N[C@@H](Cc1ccccc1)[C@H](C[C@H](CC1C=CC=CC1)NC(=O)C(C(C)C)N1CCCNC1=O)OC(=O)OCCSSCCOC(=O)O[C@@H](C[C@H](Cc1ccccc1)NC(=O)C(NC(=O)N(C)Cc1csc(C(C)C)n1)C(C)C)[C@H](Cc1ccccc1)NC(=O)OCc1cncs1. The van der Waals surface area contributed by atoms with Gasteiger partial charge in [-0.3, -0.25) is 19.4 Å². The number of allylic oxidation sites excluding steroid dienone is 4. The van der Waals surface area contributed by atoms with Crippen LogP contribution in [-0.2, 0) is 70.5 Å². The number of aromatic nitrogens is 2. The van der Waals surface area contributed by atoms with E-state index in [0.717, 1.165) is 38.5 Å². The highest BCUT2D eigenvalue weighted by atomic mass is 33.1. The van der Waals surface area contributed by atoms with Crippen LogP contribution in [0.5, 0.6) is 5.75 Å². The Morgan fingerprint density at radius 3 is 1.81 bits per heavy atom. The quantitative estimate of drug-likeness (QED) is 0.00899. The van der Waals surface area contributed by atoms with E-state index in [1.165, 1.54) is 49.2 Å². The number of ether oxygens (including phenoxy) is 6. The largest absolute Gasteiger partial charge is 0.508 e. The average molecular weight is 1560 g/mol. The van der Waals surface area contributed by atoms with Crippen molar-refractivity contribution in [2.75, 3.05) is 51.5 Å². The minimum absolute atomic E-state index is 0.000441. The zero-order chi connectivity index (χ0) is 77.3. The summed E-state index contributed by atoms with van der Waals surface area (Å²) in [6, 6.07) is 28.3. The monoisotopic (exact) mass is 1560 g/mol. The van der Waals surface area contributed by atoms with Gasteiger partial charge in [0.1, 0.15) is 49.9 Å². The number of hydrogen-bond acceptors (Lipinski definition) is 20. The molecule has 8 rings (SSSR count). The van der Waals surface area contributed by atoms with Crippen LogP contribution in [-0.4, -0.2) is 168 Å². The van der Waals surface area contributed by atoms with Crippen LogP contribution in [0.4, 0.5) is 24.0 Å². The number of alkyl carbamates (subject to hydrolysis) is 1. The summed E-state index contributed by atoms with van der Waals surface area (Å²) < 4.78 is 35.9. The number of nitrogens with one attached hydrogen (secondary N) is 6. The topological polar surface area (TPSA) is 296 Å². The Bertz CT molecular complexity index is 3850. The standard InChI is InChI=1S/C80H104N10O14S4/c1-52(2)70(88-77(95)89(9)47-63-50-105-75(85-63)54(5)6)73(92)83-61(40-57-26-14-10-15-27-57)44-68(66(43-60-32-20-13-21-33-60)87-78(96)102-48-64-46-81-51-106-64)104-80(98)100-37-39-108-107-38-36-99-79(97)103-67(65(42-59-30-18-12-19-31-59)86-69(91)49-101-72-55(7)24-22-25-56(72)8)45-62(41-58-28-16-11-17-29-58)84-74(93)71(53(3)4)90-35-23-34-82-76(90)94/h10-22,24-28,30-33,46,50-54,58,61-62,65-68,70-71H,23,29,34-45,47-49H2,1-9H3,(H,82,94)(H,83,92)(H,84,93)(H,86,91)(H,87,96)(H,88,95)/t58?,61-,62-,65-,66-,67-,68-,70?,71?/m0/s1. The average Bonchev–Trinajstić information content (AvgIpc) is 0.987. The smallest absolute Gasteiger partial charge is 0.483 e. The Hall–Kier alpha value is -9.12. The lowest BCUT2D eigenvalue weighted by molar-refractivity contribution is -0.129. The highest BCUT2D eigenvalue weighted by molar-refractivity contribution is 8.76. The number of rotatable bonds is 41. The maximum atomic E-state index is 14.7. The summed E-state index contributed by atoms with van der Waals surface area (Å²) in [4.78, 5) is 125. The highest BCUT2D eigenvalue weighted by Crippen LogP contribution is 2.28. The fourth-order valence-corrected chi connectivity index (χ4v) is 15.8. The maximum Gasteiger partial charge on any atom is 0.508 e. The first kappa shape index (κ1) is 84.5. The molecule has 4 aromatic carbocycles. The zero-order valence-electron chi connectivity index (χ0n) is 63.0. The van der Waals surface area contributed by atoms with E-state index in [4.69, 9.17) is 28.4 Å². The van der Waals surface area contributed by atoms with Gasteiger partial charge in [0.05, 0.1) is 39.7 Å². The van der Waals surface area contributed by atoms with Crippen LogP contribution in [0.15, 0.2) is 151 Å². The number of thiazole rings is 2. The van der Waals surface area contributed by atoms with Crippen LogP contribution in [0.25, 0.3) is 0 Å². The van der Waals surface area contributed by atoms with Crippen molar-refractivity contribution in [1.82, 2.24) is 51.7 Å². The molecule has 108 heavy (non-hydrogen) atoms. The van der Waals surface area contributed by atoms with Gasteiger partial charge in [-0.1, -0.05) is 197 Å². The Balaban J connectivity index is 0.950. The van der Waals surface area contributed by atoms with Gasteiger partial charge >= 0.3 is 30.5 Å². The summed E-state index contributed by atoms with van der Waals surface area (Å²) >= 11 is 2.85. The molecule has 8 amide bonds. The molecule has 2 aromatic heterocycles. The molecular formula is C80H104N10O14S4. The molecule has 1 aliphatic carbocycles. The van der Waals surface area contributed by atoms with Crippen molar-refractivity contribution < 1.29 is 66.8 Å². The lowest BCUT2D eigenvalue weighted by Gasteiger charge is -2.38. The van der Waals surface area contributed by atoms with E-state index in [2.05, 4.69) is 67.9 Å². The van der Waals surface area contributed by atoms with Gasteiger partial charge in [-0.25, -0.2) is 29.0 Å². The van der Waals surface area contributed by atoms with Crippen molar-refractivity contribution in [3.05, 3.63) is 194 Å². The molecule has 24 nitrogen and oxygen atoms in total. The lowest BCUT2D eigenvalue weighted by Crippen LogP contribution is -2.59. The van der Waals surface area contributed by atoms with Gasteiger partial charge in [-0.15, -0.1) is 22.7 Å². The maximum absolute atomic E-state index is 14.7. The van der Waals surface area contributed by atoms with Gasteiger partial charge < -0.3 is 70.1 Å². The molecule has 6 aromatic rings. The molecule has 0 spiro atoms. The van der Waals surface area contributed by atoms with Gasteiger partial charge in [-0.2, -0.15) is 0 Å². The lowest BCUT2D eigenvalue weighted by atomic mass is 9.88. The van der Waals surface area contributed by atoms with Gasteiger partial charge in [-0.05, 0) is 97.9 Å². The summed E-state index contributed by atoms with van der Waals surface area (Å²) in [7, 11) is 4.34. The molecule has 1 saturated heterocycles. The molecule has 3 unspecified atom stereocenters. The van der Waals surface area contributed by atoms with E-state index in [9.17, 15) is 38.4 Å². The van der Waals surface area contributed by atoms with E-state index in [1.54, 1.807) is 23.7 Å². The van der Waals surface area contributed by atoms with Gasteiger partial charge in [0.15, 0.2) is 6.61 Å². The second-order valence-corrected chi connectivity index (χ2v) is 32.5. The Labute approximate surface area is 650 Å². The van der Waals surface area contributed by atoms with Gasteiger partial charge in [0.2, 0.25) is 11.8 Å². The predicted octanol–water partition coefficient (Wildman–Crippen LogP) is 13.2. The molecule has 1 aliphatic heterocycles. The summed E-state index contributed by atoms with van der Waals surface area (Å²) in [6.45, 7) is 15.9. The highest BCUT2D eigenvalue weighted by Gasteiger charge is 2.39. The van der Waals surface area contributed by atoms with E-state index >= 15 is 0 Å². The third-order valence-electron chi connectivity index (χ3n) is 18.2. The third-order valence-corrected chi connectivity index (χ3v) is 22.5. The molecule has 0 bridgehead atoms. The fourth-order valence-electron chi connectivity index (χ4n) is 12.8. The van der Waals surface area contributed by atoms with Crippen molar-refractivity contribution in [2.24, 2.45) is 17.8 Å². The van der Waals surface area contributed by atoms with E-state index in [-0.39, 0.29) is 112 Å². The number of hydrogen-bond donors (Lipinski definition) is 6. The summed E-state index contributed by atoms with van der Waals surface area (Å²) in [5, 5.41) is 21.3. The molecule has 0 saturated carbocycles. The number of para-hydroxylation sites is 1. The minimum Gasteiger partial charge on any atom is -0.483 e. The van der Waals surface area contributed by atoms with Crippen LogP contribution < -0.4 is 36.6 Å². The van der Waals surface area contributed by atoms with Crippen LogP contribution in [0.1, 0.15) is 123 Å². The van der Waals surface area contributed by atoms with Crippen LogP contribution >= 0.6 is 44.3 Å². The second kappa shape index (κ2) is 44.4. The van der Waals surface area contributed by atoms with Crippen molar-refractivity contribution in [1.29, 1.82) is 0 Å². The normalized spacial score (nSPS) is 15.6. The van der Waals surface area contributed by atoms with Crippen LogP contribution in [0.2, 0.25) is 0 Å². The predicted molar refractivity (Wildman–Crippen MR) is 423 cm³/mol. The fraction of sp³-hybridized carbons (Fsp3) is 0.475. The second-order valence-electron chi connectivity index (χ2n) is 28.0. The van der Waals surface area contributed by atoms with E-state index < -0.39 is 84.7 Å². The van der Waals surface area contributed by atoms with Gasteiger partial charge in [0, 0.05) is 74.1 Å². The summed E-state index contributed by atoms with van der Waals surface area (Å²) in [5.41, 5.74) is 6.58. The Morgan fingerprint density at radius 1 is 0.676 bits per heavy atom. The van der Waals surface area contributed by atoms with Crippen molar-refractivity contribution >= 4 is 92.4 Å². The summed E-state index contributed by atoms with van der Waals surface area (Å²) in [6.07, 6.45) is 7.11. The number of carbonyl (C=O) groups excluding carboxylic acids is 8. The first-order chi connectivity index (χ1) is 52.0. The number of carbonyl (C=O) groups is 8. The zero-order valence-corrected chi connectivity index (χ0v) is 66.3. The molecule has 0 radical (unpaired) electrons. The van der Waals surface area contributed by atoms with E-state index in [1.807, 2.05) is 168 Å². The van der Waals surface area contributed by atoms with Crippen molar-refractivity contribution in [3.8, 4) is 5.75 Å².